The fraction of sp³-hybridized carbons (Fsp3) is 0.533. The van der Waals surface area contributed by atoms with E-state index in [1.807, 2.05) is 0 Å². The number of rotatable bonds is 7. The second-order valence-corrected chi connectivity index (χ2v) is 11.1. The van der Waals surface area contributed by atoms with Crippen molar-refractivity contribution in [2.24, 2.45) is 17.8 Å². The quantitative estimate of drug-likeness (QED) is 0.206. The SMILES string of the molecule is C=C1C(=O)O[C@@H]2[C@H]3C(=C)[C@@H](O[C@@H]4O[C@H](CO)[C@@H](O)[C@@H](O)[C@H]4O)C[C@H]3C(=C)C[C@@H](OC(=O)Cc3ccc(OC)cc3)[C@@H]12. The predicted molar refractivity (Wildman–Crippen MR) is 142 cm³/mol. The van der Waals surface area contributed by atoms with Crippen LogP contribution in [0.5, 0.6) is 5.75 Å². The molecule has 2 heterocycles. The Labute approximate surface area is 237 Å². The number of aliphatic hydroxyl groups excluding tert-OH is 4. The molecule has 11 heteroatoms. The van der Waals surface area contributed by atoms with Crippen molar-refractivity contribution in [3.63, 3.8) is 0 Å². The highest BCUT2D eigenvalue weighted by Gasteiger charge is 2.58. The number of carbonyl (C=O) groups is 2. The first-order valence-electron chi connectivity index (χ1n) is 13.6. The van der Waals surface area contributed by atoms with Gasteiger partial charge in [0.05, 0.1) is 32.2 Å². The molecule has 11 atom stereocenters. The third-order valence-corrected chi connectivity index (χ3v) is 8.68. The van der Waals surface area contributed by atoms with Gasteiger partial charge in [0.1, 0.15) is 42.4 Å². The Kier molecular flexibility index (Phi) is 8.38. The van der Waals surface area contributed by atoms with E-state index in [1.165, 1.54) is 0 Å². The monoisotopic (exact) mass is 572 g/mol. The van der Waals surface area contributed by atoms with Crippen molar-refractivity contribution < 1.29 is 53.7 Å². The summed E-state index contributed by atoms with van der Waals surface area (Å²) in [4.78, 5) is 25.7. The van der Waals surface area contributed by atoms with Crippen molar-refractivity contribution in [1.29, 1.82) is 0 Å². The third-order valence-electron chi connectivity index (χ3n) is 8.68. The molecule has 5 rings (SSSR count). The average Bonchev–Trinajstić information content (AvgIpc) is 3.39. The summed E-state index contributed by atoms with van der Waals surface area (Å²) >= 11 is 0. The van der Waals surface area contributed by atoms with Crippen LogP contribution in [0.4, 0.5) is 0 Å². The predicted octanol–water partition coefficient (Wildman–Crippen LogP) is 0.585. The lowest BCUT2D eigenvalue weighted by Crippen LogP contribution is -2.59. The number of esters is 2. The van der Waals surface area contributed by atoms with E-state index in [-0.39, 0.29) is 24.3 Å². The van der Waals surface area contributed by atoms with Gasteiger partial charge in [0.15, 0.2) is 6.29 Å². The first-order valence-corrected chi connectivity index (χ1v) is 13.6. The molecule has 41 heavy (non-hydrogen) atoms. The van der Waals surface area contributed by atoms with E-state index >= 15 is 0 Å². The zero-order valence-electron chi connectivity index (χ0n) is 22.8. The number of ether oxygens (including phenoxy) is 5. The molecule has 2 saturated heterocycles. The summed E-state index contributed by atoms with van der Waals surface area (Å²) < 4.78 is 28.4. The molecule has 4 aliphatic rings. The molecule has 0 aromatic heterocycles. The highest BCUT2D eigenvalue weighted by molar-refractivity contribution is 5.91. The summed E-state index contributed by atoms with van der Waals surface area (Å²) in [5.41, 5.74) is 2.28. The molecule has 0 spiro atoms. The molecule has 222 valence electrons. The highest BCUT2D eigenvalue weighted by atomic mass is 16.7. The first kappa shape index (κ1) is 29.4. The van der Waals surface area contributed by atoms with Crippen LogP contribution in [0.2, 0.25) is 0 Å². The van der Waals surface area contributed by atoms with Gasteiger partial charge >= 0.3 is 11.9 Å². The summed E-state index contributed by atoms with van der Waals surface area (Å²) in [5.74, 6) is -1.69. The zero-order chi connectivity index (χ0) is 29.6. The molecule has 4 N–H and O–H groups in total. The van der Waals surface area contributed by atoms with Crippen molar-refractivity contribution >= 4 is 11.9 Å². The number of methoxy groups -OCH3 is 1. The molecule has 0 unspecified atom stereocenters. The lowest BCUT2D eigenvalue weighted by atomic mass is 9.81. The fourth-order valence-corrected chi connectivity index (χ4v) is 6.46. The lowest BCUT2D eigenvalue weighted by Gasteiger charge is -2.40. The van der Waals surface area contributed by atoms with Crippen LogP contribution in [0, 0.1) is 17.8 Å². The Balaban J connectivity index is 1.32. The minimum Gasteiger partial charge on any atom is -0.497 e. The van der Waals surface area contributed by atoms with Crippen LogP contribution in [-0.4, -0.2) is 95.1 Å². The van der Waals surface area contributed by atoms with E-state index in [4.69, 9.17) is 23.7 Å². The van der Waals surface area contributed by atoms with Gasteiger partial charge in [-0.1, -0.05) is 37.4 Å². The second-order valence-electron chi connectivity index (χ2n) is 11.1. The van der Waals surface area contributed by atoms with E-state index < -0.39 is 79.4 Å². The minimum absolute atomic E-state index is 0.0280. The smallest absolute Gasteiger partial charge is 0.334 e. The number of carbonyl (C=O) groups excluding carboxylic acids is 2. The minimum atomic E-state index is -1.59. The van der Waals surface area contributed by atoms with Gasteiger partial charge in [-0.15, -0.1) is 0 Å². The first-order chi connectivity index (χ1) is 19.5. The highest BCUT2D eigenvalue weighted by Crippen LogP contribution is 2.53. The van der Waals surface area contributed by atoms with Gasteiger partial charge < -0.3 is 44.1 Å². The molecule has 2 aliphatic heterocycles. The van der Waals surface area contributed by atoms with Crippen molar-refractivity contribution in [1.82, 2.24) is 0 Å². The maximum atomic E-state index is 13.0. The van der Waals surface area contributed by atoms with E-state index in [1.54, 1.807) is 31.4 Å². The van der Waals surface area contributed by atoms with Crippen LogP contribution in [0.1, 0.15) is 18.4 Å². The van der Waals surface area contributed by atoms with Crippen LogP contribution < -0.4 is 4.74 Å². The Hall–Kier alpha value is -3.06. The number of hydrogen-bond donors (Lipinski definition) is 4. The number of benzene rings is 1. The Morgan fingerprint density at radius 1 is 1.05 bits per heavy atom. The van der Waals surface area contributed by atoms with E-state index in [9.17, 15) is 30.0 Å². The van der Waals surface area contributed by atoms with Crippen molar-refractivity contribution in [3.8, 4) is 5.75 Å². The van der Waals surface area contributed by atoms with Gasteiger partial charge in [-0.3, -0.25) is 4.79 Å². The molecule has 11 nitrogen and oxygen atoms in total. The summed E-state index contributed by atoms with van der Waals surface area (Å²) in [6.07, 6.45) is -8.60. The van der Waals surface area contributed by atoms with Crippen LogP contribution in [0.25, 0.3) is 0 Å². The topological polar surface area (TPSA) is 161 Å². The lowest BCUT2D eigenvalue weighted by molar-refractivity contribution is -0.308. The molecule has 0 amide bonds. The molecule has 2 saturated carbocycles. The molecule has 4 fully saturated rings. The largest absolute Gasteiger partial charge is 0.497 e. The van der Waals surface area contributed by atoms with Gasteiger partial charge in [-0.2, -0.15) is 0 Å². The van der Waals surface area contributed by atoms with Gasteiger partial charge in [-0.05, 0) is 35.6 Å². The molecular formula is C30H36O11. The maximum absolute atomic E-state index is 13.0. The Morgan fingerprint density at radius 3 is 2.41 bits per heavy atom. The maximum Gasteiger partial charge on any atom is 0.334 e. The fourth-order valence-electron chi connectivity index (χ4n) is 6.46. The molecule has 1 aromatic carbocycles. The zero-order valence-corrected chi connectivity index (χ0v) is 22.8. The van der Waals surface area contributed by atoms with Crippen LogP contribution in [-0.2, 0) is 35.0 Å². The Morgan fingerprint density at radius 2 is 1.76 bits per heavy atom. The van der Waals surface area contributed by atoms with Gasteiger partial charge in [0.25, 0.3) is 0 Å². The van der Waals surface area contributed by atoms with Crippen molar-refractivity contribution in [2.75, 3.05) is 13.7 Å². The third kappa shape index (κ3) is 5.45. The molecular weight excluding hydrogens is 536 g/mol. The van der Waals surface area contributed by atoms with E-state index in [0.717, 1.165) is 11.1 Å². The standard InChI is InChI=1S/C30H36O11/c1-13-9-20(38-22(32)10-16-5-7-17(37-4)8-6-16)24-15(3)29(36)41-28(24)23-14(2)19(11-18(13)23)39-30-27(35)26(34)25(33)21(12-31)40-30/h5-8,18-21,23-28,30-31,33-35H,1-3,9-12H2,4H3/t18-,19-,20+,21+,23-,24+,25+,26+,27+,28+,30+/m0/s1. The van der Waals surface area contributed by atoms with Gasteiger partial charge in [0, 0.05) is 17.9 Å². The van der Waals surface area contributed by atoms with Crippen LogP contribution >= 0.6 is 0 Å². The molecule has 1 aromatic rings. The summed E-state index contributed by atoms with van der Waals surface area (Å²) in [6.45, 7) is 11.8. The number of hydrogen-bond acceptors (Lipinski definition) is 11. The van der Waals surface area contributed by atoms with Crippen molar-refractivity contribution in [2.45, 2.75) is 68.3 Å². The molecule has 2 aliphatic carbocycles. The van der Waals surface area contributed by atoms with Crippen molar-refractivity contribution in [3.05, 3.63) is 66.3 Å². The second kappa shape index (κ2) is 11.7. The van der Waals surface area contributed by atoms with Crippen LogP contribution in [0.3, 0.4) is 0 Å². The molecule has 0 bridgehead atoms. The summed E-state index contributed by atoms with van der Waals surface area (Å²) in [6, 6.07) is 7.07. The van der Waals surface area contributed by atoms with Gasteiger partial charge in [-0.25, -0.2) is 4.79 Å². The van der Waals surface area contributed by atoms with Gasteiger partial charge in [0.2, 0.25) is 0 Å². The Bertz CT molecular complexity index is 1210. The molecule has 0 radical (unpaired) electrons. The van der Waals surface area contributed by atoms with E-state index in [0.29, 0.717) is 17.7 Å². The van der Waals surface area contributed by atoms with E-state index in [2.05, 4.69) is 19.7 Å². The summed E-state index contributed by atoms with van der Waals surface area (Å²) in [7, 11) is 1.56. The number of fused-ring (bicyclic) bond motifs is 3. The average molecular weight is 573 g/mol. The van der Waals surface area contributed by atoms with Crippen LogP contribution in [0.15, 0.2) is 60.7 Å². The normalized spacial score (nSPS) is 38.6. The number of aliphatic hydroxyl groups is 4. The summed E-state index contributed by atoms with van der Waals surface area (Å²) in [5, 5.41) is 40.2.